The maximum atomic E-state index is 12.0. The lowest BCUT2D eigenvalue weighted by Gasteiger charge is -2.12. The molecule has 234 valence electrons. The Bertz CT molecular complexity index is 1170. The maximum Gasteiger partial charge on any atom is 0.251 e. The minimum atomic E-state index is -0.107. The Kier molecular flexibility index (Phi) is 16.3. The summed E-state index contributed by atoms with van der Waals surface area (Å²) in [7, 11) is 1.66. The summed E-state index contributed by atoms with van der Waals surface area (Å²) in [6.45, 7) is 6.37. The van der Waals surface area contributed by atoms with Crippen LogP contribution in [0.2, 0.25) is 0 Å². The molecule has 4 N–H and O–H groups in total. The number of methoxy groups -OCH3 is 1. The standard InChI is InChI=1S/C32H47N7O4/c1-3-4-5-6-7-11-18-34-30-37-31(39-32(38-30)36-25-26-14-16-28(41-2)17-15-26)35-20-22-43-24-23-42-21-19-33-29(40)27-12-9-8-10-13-27/h8-10,12-17H,3-7,11,18-25H2,1-2H3,(H,33,40)(H3,34,35,36,37,38,39). The van der Waals surface area contributed by atoms with Crippen LogP contribution in [0.4, 0.5) is 17.8 Å². The third-order valence-electron chi connectivity index (χ3n) is 6.53. The quantitative estimate of drug-likeness (QED) is 0.110. The van der Waals surface area contributed by atoms with Crippen LogP contribution in [0.5, 0.6) is 5.75 Å². The van der Waals surface area contributed by atoms with Gasteiger partial charge in [-0.3, -0.25) is 4.79 Å². The molecule has 0 fully saturated rings. The summed E-state index contributed by atoms with van der Waals surface area (Å²) in [4.78, 5) is 25.7. The van der Waals surface area contributed by atoms with E-state index in [9.17, 15) is 4.79 Å². The fraction of sp³-hybridized carbons (Fsp3) is 0.500. The van der Waals surface area contributed by atoms with E-state index >= 15 is 0 Å². The van der Waals surface area contributed by atoms with Crippen LogP contribution >= 0.6 is 0 Å². The van der Waals surface area contributed by atoms with Crippen molar-refractivity contribution < 1.29 is 19.0 Å². The number of rotatable bonds is 23. The first-order valence-corrected chi connectivity index (χ1v) is 15.3. The number of benzene rings is 2. The number of hydrogen-bond donors (Lipinski definition) is 4. The number of anilines is 3. The van der Waals surface area contributed by atoms with Gasteiger partial charge in [0.15, 0.2) is 0 Å². The van der Waals surface area contributed by atoms with Gasteiger partial charge >= 0.3 is 0 Å². The van der Waals surface area contributed by atoms with Crippen LogP contribution < -0.4 is 26.0 Å². The average Bonchev–Trinajstić information content (AvgIpc) is 3.04. The predicted octanol–water partition coefficient (Wildman–Crippen LogP) is 5.14. The third-order valence-corrected chi connectivity index (χ3v) is 6.53. The molecule has 43 heavy (non-hydrogen) atoms. The lowest BCUT2D eigenvalue weighted by atomic mass is 10.1. The largest absolute Gasteiger partial charge is 0.497 e. The highest BCUT2D eigenvalue weighted by Gasteiger charge is 2.07. The van der Waals surface area contributed by atoms with Crippen LogP contribution in [-0.2, 0) is 16.0 Å². The second-order valence-electron chi connectivity index (χ2n) is 9.98. The summed E-state index contributed by atoms with van der Waals surface area (Å²) in [6, 6.07) is 17.0. The number of nitrogens with zero attached hydrogens (tertiary/aromatic N) is 3. The van der Waals surface area contributed by atoms with Gasteiger partial charge in [0.2, 0.25) is 17.8 Å². The van der Waals surface area contributed by atoms with Gasteiger partial charge in [0, 0.05) is 31.7 Å². The molecular weight excluding hydrogens is 546 g/mol. The molecule has 11 nitrogen and oxygen atoms in total. The molecule has 3 aromatic rings. The lowest BCUT2D eigenvalue weighted by Crippen LogP contribution is -2.27. The van der Waals surface area contributed by atoms with Gasteiger partial charge in [0.25, 0.3) is 5.91 Å². The first kappa shape index (κ1) is 33.5. The van der Waals surface area contributed by atoms with E-state index < -0.39 is 0 Å². The molecule has 1 amide bonds. The Morgan fingerprint density at radius 3 is 1.95 bits per heavy atom. The van der Waals surface area contributed by atoms with Crippen LogP contribution in [0, 0.1) is 0 Å². The van der Waals surface area contributed by atoms with Gasteiger partial charge in [-0.05, 0) is 36.2 Å². The topological polar surface area (TPSA) is 132 Å². The van der Waals surface area contributed by atoms with E-state index in [2.05, 4.69) is 43.1 Å². The van der Waals surface area contributed by atoms with Gasteiger partial charge in [0.05, 0.1) is 33.5 Å². The molecule has 0 spiro atoms. The Hall–Kier alpha value is -3.96. The molecule has 3 rings (SSSR count). The van der Waals surface area contributed by atoms with Crippen molar-refractivity contribution in [1.29, 1.82) is 0 Å². The van der Waals surface area contributed by atoms with E-state index in [0.717, 1.165) is 24.3 Å². The number of hydrogen-bond acceptors (Lipinski definition) is 10. The smallest absolute Gasteiger partial charge is 0.251 e. The molecule has 1 aromatic heterocycles. The van der Waals surface area contributed by atoms with Crippen molar-refractivity contribution in [3.8, 4) is 5.75 Å². The maximum absolute atomic E-state index is 12.0. The molecule has 11 heteroatoms. The van der Waals surface area contributed by atoms with Crippen molar-refractivity contribution in [3.63, 3.8) is 0 Å². The summed E-state index contributed by atoms with van der Waals surface area (Å²) in [6.07, 6.45) is 7.35. The monoisotopic (exact) mass is 593 g/mol. The highest BCUT2D eigenvalue weighted by molar-refractivity contribution is 5.94. The highest BCUT2D eigenvalue weighted by Crippen LogP contribution is 2.14. The zero-order chi connectivity index (χ0) is 30.4. The van der Waals surface area contributed by atoms with E-state index in [4.69, 9.17) is 14.2 Å². The van der Waals surface area contributed by atoms with Gasteiger partial charge in [-0.2, -0.15) is 15.0 Å². The Labute approximate surface area is 255 Å². The number of amides is 1. The molecule has 0 unspecified atom stereocenters. The highest BCUT2D eigenvalue weighted by atomic mass is 16.5. The van der Waals surface area contributed by atoms with Crippen LogP contribution in [-0.4, -0.2) is 74.0 Å². The van der Waals surface area contributed by atoms with Gasteiger partial charge in [-0.25, -0.2) is 0 Å². The van der Waals surface area contributed by atoms with Crippen LogP contribution in [0.15, 0.2) is 54.6 Å². The van der Waals surface area contributed by atoms with Gasteiger partial charge in [-0.15, -0.1) is 0 Å². The van der Waals surface area contributed by atoms with Crippen LogP contribution in [0.3, 0.4) is 0 Å². The molecule has 0 saturated heterocycles. The molecular formula is C32H47N7O4. The van der Waals surface area contributed by atoms with Gasteiger partial charge in [-0.1, -0.05) is 69.4 Å². The summed E-state index contributed by atoms with van der Waals surface area (Å²) in [5.41, 5.74) is 1.73. The fourth-order valence-corrected chi connectivity index (χ4v) is 4.13. The minimum Gasteiger partial charge on any atom is -0.497 e. The Morgan fingerprint density at radius 2 is 1.28 bits per heavy atom. The summed E-state index contributed by atoms with van der Waals surface area (Å²) >= 11 is 0. The Morgan fingerprint density at radius 1 is 0.674 bits per heavy atom. The molecule has 2 aromatic carbocycles. The first-order valence-electron chi connectivity index (χ1n) is 15.3. The number of carbonyl (C=O) groups is 1. The molecule has 0 aliphatic heterocycles. The molecule has 0 bridgehead atoms. The SMILES string of the molecule is CCCCCCCCNc1nc(NCCOCCOCCNC(=O)c2ccccc2)nc(NCc2ccc(OC)cc2)n1. The van der Waals surface area contributed by atoms with Crippen molar-refractivity contribution in [1.82, 2.24) is 20.3 Å². The molecule has 1 heterocycles. The van der Waals surface area contributed by atoms with Crippen molar-refractivity contribution in [2.45, 2.75) is 52.0 Å². The van der Waals surface area contributed by atoms with Crippen LogP contribution in [0.25, 0.3) is 0 Å². The molecule has 0 aliphatic carbocycles. The normalized spacial score (nSPS) is 10.7. The van der Waals surface area contributed by atoms with Gasteiger partial charge < -0.3 is 35.5 Å². The summed E-state index contributed by atoms with van der Waals surface area (Å²) in [5.74, 6) is 2.22. The molecule has 0 radical (unpaired) electrons. The van der Waals surface area contributed by atoms with E-state index in [0.29, 0.717) is 69.5 Å². The van der Waals surface area contributed by atoms with Crippen molar-refractivity contribution in [2.24, 2.45) is 0 Å². The minimum absolute atomic E-state index is 0.107. The summed E-state index contributed by atoms with van der Waals surface area (Å²) < 4.78 is 16.5. The zero-order valence-electron chi connectivity index (χ0n) is 25.6. The number of unbranched alkanes of at least 4 members (excludes halogenated alkanes) is 5. The second kappa shape index (κ2) is 20.8. The van der Waals surface area contributed by atoms with E-state index in [1.807, 2.05) is 42.5 Å². The van der Waals surface area contributed by atoms with E-state index in [1.54, 1.807) is 19.2 Å². The fourth-order valence-electron chi connectivity index (χ4n) is 4.13. The van der Waals surface area contributed by atoms with Crippen molar-refractivity contribution in [2.75, 3.05) is 69.1 Å². The van der Waals surface area contributed by atoms with Crippen molar-refractivity contribution in [3.05, 3.63) is 65.7 Å². The number of nitrogens with one attached hydrogen (secondary N) is 4. The molecule has 0 saturated carbocycles. The number of aromatic nitrogens is 3. The average molecular weight is 594 g/mol. The molecule has 0 aliphatic rings. The molecule has 0 atom stereocenters. The number of carbonyl (C=O) groups excluding carboxylic acids is 1. The van der Waals surface area contributed by atoms with E-state index in [-0.39, 0.29) is 5.91 Å². The van der Waals surface area contributed by atoms with Crippen LogP contribution in [0.1, 0.15) is 61.4 Å². The third kappa shape index (κ3) is 14.2. The van der Waals surface area contributed by atoms with Gasteiger partial charge in [0.1, 0.15) is 5.75 Å². The van der Waals surface area contributed by atoms with Crippen molar-refractivity contribution >= 4 is 23.8 Å². The second-order valence-corrected chi connectivity index (χ2v) is 9.98. The zero-order valence-corrected chi connectivity index (χ0v) is 25.6. The van der Waals surface area contributed by atoms with E-state index in [1.165, 1.54) is 32.1 Å². The summed E-state index contributed by atoms with van der Waals surface area (Å²) in [5, 5.41) is 12.7. The number of ether oxygens (including phenoxy) is 3. The first-order chi connectivity index (χ1) is 21.2. The predicted molar refractivity (Wildman–Crippen MR) is 171 cm³/mol. The Balaban J connectivity index is 1.36. The lowest BCUT2D eigenvalue weighted by molar-refractivity contribution is 0.0519.